The van der Waals surface area contributed by atoms with Gasteiger partial charge in [0.2, 0.25) is 0 Å². The number of carbonyl (C=O) groups is 2. The average molecular weight is 529 g/mol. The van der Waals surface area contributed by atoms with Gasteiger partial charge in [-0.3, -0.25) is 14.5 Å². The third-order valence-electron chi connectivity index (χ3n) is 6.73. The van der Waals surface area contributed by atoms with E-state index in [9.17, 15) is 14.7 Å². The molecule has 38 heavy (non-hydrogen) atoms. The van der Waals surface area contributed by atoms with Crippen molar-refractivity contribution >= 4 is 44.1 Å². The molecular formula is C30H28N2O5S. The Labute approximate surface area is 225 Å². The van der Waals surface area contributed by atoms with Crippen LogP contribution in [0.2, 0.25) is 0 Å². The number of aliphatic hydroxyl groups excluding tert-OH is 1. The van der Waals surface area contributed by atoms with Gasteiger partial charge in [0, 0.05) is 5.56 Å². The molecule has 1 atom stereocenters. The Bertz CT molecular complexity index is 1600. The third kappa shape index (κ3) is 4.31. The number of aliphatic hydroxyl groups is 1. The van der Waals surface area contributed by atoms with E-state index in [1.165, 1.54) is 36.0 Å². The molecule has 194 valence electrons. The van der Waals surface area contributed by atoms with Gasteiger partial charge in [-0.15, -0.1) is 0 Å². The molecule has 0 aliphatic carbocycles. The van der Waals surface area contributed by atoms with E-state index in [0.717, 1.165) is 15.8 Å². The lowest BCUT2D eigenvalue weighted by Gasteiger charge is -2.23. The minimum absolute atomic E-state index is 0.00468. The first kappa shape index (κ1) is 25.5. The number of carbonyl (C=O) groups excluding carboxylic acids is 2. The molecule has 1 aromatic heterocycles. The van der Waals surface area contributed by atoms with Crippen LogP contribution >= 0.6 is 11.3 Å². The van der Waals surface area contributed by atoms with Crippen LogP contribution in [0.1, 0.15) is 48.1 Å². The Kier molecular flexibility index (Phi) is 6.67. The van der Waals surface area contributed by atoms with E-state index in [4.69, 9.17) is 14.5 Å². The quantitative estimate of drug-likeness (QED) is 0.178. The number of aromatic nitrogens is 1. The maximum absolute atomic E-state index is 13.5. The largest absolute Gasteiger partial charge is 0.507 e. The minimum atomic E-state index is -0.854. The normalized spacial score (nSPS) is 17.0. The van der Waals surface area contributed by atoms with Crippen molar-refractivity contribution in [2.45, 2.75) is 32.7 Å². The highest BCUT2D eigenvalue weighted by Crippen LogP contribution is 2.45. The molecule has 7 nitrogen and oxygen atoms in total. The lowest BCUT2D eigenvalue weighted by molar-refractivity contribution is -0.132. The zero-order valence-electron chi connectivity index (χ0n) is 21.8. The average Bonchev–Trinajstić information content (AvgIpc) is 3.45. The van der Waals surface area contributed by atoms with Crippen molar-refractivity contribution in [1.29, 1.82) is 0 Å². The standard InChI is InChI=1S/C30H28N2O5S/c1-16(2)18-9-11-21-24(15-18)38-30(31-21)32-26(19-8-6-7-17(3)13-19)25(28(34)29(32)35)27(33)20-10-12-22(36-4)23(14-20)37-5/h6-16,26,33H,1-5H3/b27-25+. The van der Waals surface area contributed by atoms with Gasteiger partial charge < -0.3 is 14.6 Å². The first-order valence-corrected chi connectivity index (χ1v) is 13.1. The SMILES string of the molecule is COc1ccc(/C(O)=C2\C(=O)C(=O)N(c3nc4ccc(C(C)C)cc4s3)C2c2cccc(C)c2)cc1OC. The molecule has 0 saturated carbocycles. The second-order valence-corrected chi connectivity index (χ2v) is 10.5. The number of anilines is 1. The van der Waals surface area contributed by atoms with Crippen LogP contribution in [0.3, 0.4) is 0 Å². The highest BCUT2D eigenvalue weighted by molar-refractivity contribution is 7.22. The summed E-state index contributed by atoms with van der Waals surface area (Å²) in [6.07, 6.45) is 0. The number of ketones is 1. The number of rotatable bonds is 6. The van der Waals surface area contributed by atoms with Crippen LogP contribution in [-0.2, 0) is 9.59 Å². The van der Waals surface area contributed by atoms with Crippen LogP contribution in [0.4, 0.5) is 5.13 Å². The summed E-state index contributed by atoms with van der Waals surface area (Å²) in [6.45, 7) is 6.18. The van der Waals surface area contributed by atoms with Crippen molar-refractivity contribution in [2.24, 2.45) is 0 Å². The summed E-state index contributed by atoms with van der Waals surface area (Å²) >= 11 is 1.36. The second-order valence-electron chi connectivity index (χ2n) is 9.53. The van der Waals surface area contributed by atoms with E-state index in [2.05, 4.69) is 19.9 Å². The Hall–Kier alpha value is -4.17. The van der Waals surface area contributed by atoms with Crippen LogP contribution in [0.5, 0.6) is 11.5 Å². The molecule has 1 N–H and O–H groups in total. The van der Waals surface area contributed by atoms with Crippen molar-refractivity contribution in [3.8, 4) is 11.5 Å². The first-order valence-electron chi connectivity index (χ1n) is 12.2. The molecule has 1 fully saturated rings. The van der Waals surface area contributed by atoms with Crippen LogP contribution in [0.15, 0.2) is 66.2 Å². The highest BCUT2D eigenvalue weighted by atomic mass is 32.1. The smallest absolute Gasteiger partial charge is 0.301 e. The van der Waals surface area contributed by atoms with Gasteiger partial charge in [-0.25, -0.2) is 4.98 Å². The third-order valence-corrected chi connectivity index (χ3v) is 7.75. The van der Waals surface area contributed by atoms with Gasteiger partial charge in [-0.1, -0.05) is 61.1 Å². The molecule has 3 aromatic carbocycles. The summed E-state index contributed by atoms with van der Waals surface area (Å²) < 4.78 is 11.6. The second kappa shape index (κ2) is 9.95. The van der Waals surface area contributed by atoms with E-state index in [1.54, 1.807) is 18.2 Å². The van der Waals surface area contributed by atoms with Crippen LogP contribution < -0.4 is 14.4 Å². The number of thiazole rings is 1. The van der Waals surface area contributed by atoms with Crippen molar-refractivity contribution < 1.29 is 24.2 Å². The molecule has 1 amide bonds. The van der Waals surface area contributed by atoms with Gasteiger partial charge in [0.15, 0.2) is 16.6 Å². The van der Waals surface area contributed by atoms with E-state index in [1.807, 2.05) is 43.3 Å². The number of fused-ring (bicyclic) bond motifs is 1. The van der Waals surface area contributed by atoms with Gasteiger partial charge in [0.1, 0.15) is 5.76 Å². The fraction of sp³-hybridized carbons (Fsp3) is 0.233. The van der Waals surface area contributed by atoms with Gasteiger partial charge in [-0.05, 0) is 54.3 Å². The molecule has 0 bridgehead atoms. The Morgan fingerprint density at radius 1 is 1.00 bits per heavy atom. The fourth-order valence-corrected chi connectivity index (χ4v) is 5.76. The maximum atomic E-state index is 13.5. The van der Waals surface area contributed by atoms with Crippen LogP contribution in [0, 0.1) is 6.92 Å². The van der Waals surface area contributed by atoms with Gasteiger partial charge in [-0.2, -0.15) is 0 Å². The van der Waals surface area contributed by atoms with Crippen molar-refractivity contribution in [3.63, 3.8) is 0 Å². The molecule has 1 unspecified atom stereocenters. The zero-order valence-corrected chi connectivity index (χ0v) is 22.6. The lowest BCUT2D eigenvalue weighted by Crippen LogP contribution is -2.29. The van der Waals surface area contributed by atoms with Gasteiger partial charge >= 0.3 is 5.91 Å². The summed E-state index contributed by atoms with van der Waals surface area (Å²) in [7, 11) is 3.01. The number of hydrogen-bond donors (Lipinski definition) is 1. The number of nitrogens with zero attached hydrogens (tertiary/aromatic N) is 2. The molecule has 2 heterocycles. The predicted octanol–water partition coefficient (Wildman–Crippen LogP) is 6.37. The maximum Gasteiger partial charge on any atom is 0.301 e. The predicted molar refractivity (Wildman–Crippen MR) is 149 cm³/mol. The summed E-state index contributed by atoms with van der Waals surface area (Å²) in [4.78, 5) is 33.2. The van der Waals surface area contributed by atoms with Gasteiger partial charge in [0.05, 0.1) is 36.1 Å². The van der Waals surface area contributed by atoms with Crippen LogP contribution in [0.25, 0.3) is 16.0 Å². The Balaban J connectivity index is 1.71. The molecule has 0 spiro atoms. The minimum Gasteiger partial charge on any atom is -0.507 e. The van der Waals surface area contributed by atoms with E-state index >= 15 is 0 Å². The monoisotopic (exact) mass is 528 g/mol. The number of benzene rings is 3. The number of ether oxygens (including phenoxy) is 2. The molecule has 0 radical (unpaired) electrons. The van der Waals surface area contributed by atoms with Crippen molar-refractivity contribution in [3.05, 3.63) is 88.5 Å². The van der Waals surface area contributed by atoms with Gasteiger partial charge in [0.25, 0.3) is 5.78 Å². The van der Waals surface area contributed by atoms with Crippen LogP contribution in [-0.4, -0.2) is 36.0 Å². The van der Waals surface area contributed by atoms with Crippen molar-refractivity contribution in [2.75, 3.05) is 19.1 Å². The summed E-state index contributed by atoms with van der Waals surface area (Å²) in [5.41, 5.74) is 3.91. The highest BCUT2D eigenvalue weighted by Gasteiger charge is 2.48. The molecule has 5 rings (SSSR count). The molecule has 1 aliphatic heterocycles. The molecule has 1 saturated heterocycles. The number of methoxy groups -OCH3 is 2. The zero-order chi connectivity index (χ0) is 27.1. The summed E-state index contributed by atoms with van der Waals surface area (Å²) in [5.74, 6) is -0.581. The Morgan fingerprint density at radius 2 is 1.76 bits per heavy atom. The summed E-state index contributed by atoms with van der Waals surface area (Å²) in [6, 6.07) is 17.6. The first-order chi connectivity index (χ1) is 18.2. The lowest BCUT2D eigenvalue weighted by atomic mass is 9.94. The summed E-state index contributed by atoms with van der Waals surface area (Å²) in [5, 5.41) is 11.9. The Morgan fingerprint density at radius 3 is 2.45 bits per heavy atom. The number of amides is 1. The van der Waals surface area contributed by atoms with E-state index in [0.29, 0.717) is 33.7 Å². The number of Topliss-reactive ketones (excluding diaryl/α,β-unsaturated/α-hetero) is 1. The van der Waals surface area contributed by atoms with E-state index in [-0.39, 0.29) is 11.3 Å². The molecule has 8 heteroatoms. The fourth-order valence-electron chi connectivity index (χ4n) is 4.72. The topological polar surface area (TPSA) is 89.0 Å². The number of hydrogen-bond acceptors (Lipinski definition) is 7. The molecular weight excluding hydrogens is 500 g/mol. The molecule has 4 aromatic rings. The van der Waals surface area contributed by atoms with Crippen molar-refractivity contribution in [1.82, 2.24) is 4.98 Å². The molecule has 1 aliphatic rings. The number of aryl methyl sites for hydroxylation is 1. The van der Waals surface area contributed by atoms with E-state index < -0.39 is 17.7 Å².